The molecule has 3 aromatic rings. The molecule has 0 aliphatic rings. The van der Waals surface area contributed by atoms with Crippen LogP contribution in [0.1, 0.15) is 18.2 Å². The highest BCUT2D eigenvalue weighted by molar-refractivity contribution is 7.92. The average Bonchev–Trinajstić information content (AvgIpc) is 3.15. The average molecular weight is 364 g/mol. The van der Waals surface area contributed by atoms with Gasteiger partial charge in [0.2, 0.25) is 0 Å². The summed E-state index contributed by atoms with van der Waals surface area (Å²) in [5.41, 5.74) is 0.961. The zero-order valence-electron chi connectivity index (χ0n) is 13.7. The molecular weight excluding hydrogens is 347 g/mol. The van der Waals surface area contributed by atoms with Gasteiger partial charge in [-0.25, -0.2) is 22.2 Å². The van der Waals surface area contributed by atoms with E-state index in [-0.39, 0.29) is 23.2 Å². The molecule has 2 aromatic heterocycles. The van der Waals surface area contributed by atoms with Gasteiger partial charge < -0.3 is 0 Å². The highest BCUT2D eigenvalue weighted by atomic mass is 32.2. The van der Waals surface area contributed by atoms with E-state index in [0.717, 1.165) is 0 Å². The van der Waals surface area contributed by atoms with E-state index in [1.54, 1.807) is 29.8 Å². The first-order chi connectivity index (χ1) is 11.9. The van der Waals surface area contributed by atoms with Gasteiger partial charge in [-0.15, -0.1) is 5.10 Å². The summed E-state index contributed by atoms with van der Waals surface area (Å²) in [5, 5.41) is 8.06. The third-order valence-corrected chi connectivity index (χ3v) is 5.13. The van der Waals surface area contributed by atoms with Gasteiger partial charge in [0.1, 0.15) is 17.0 Å². The first-order valence-corrected chi connectivity index (χ1v) is 9.07. The number of nitrogens with zero attached hydrogens (tertiary/aromatic N) is 5. The second kappa shape index (κ2) is 6.63. The van der Waals surface area contributed by atoms with Crippen LogP contribution in [-0.4, -0.2) is 33.0 Å². The van der Waals surface area contributed by atoms with Crippen molar-refractivity contribution in [2.45, 2.75) is 31.8 Å². The van der Waals surface area contributed by atoms with Gasteiger partial charge in [-0.1, -0.05) is 18.2 Å². The summed E-state index contributed by atoms with van der Waals surface area (Å²) in [6.45, 7) is 4.26. The lowest BCUT2D eigenvalue weighted by Crippen LogP contribution is -2.15. The maximum Gasteiger partial charge on any atom is 0.267 e. The minimum Gasteiger partial charge on any atom is -0.269 e. The molecule has 3 rings (SSSR count). The molecule has 2 heterocycles. The molecule has 132 valence electrons. The van der Waals surface area contributed by atoms with Gasteiger partial charge in [-0.3, -0.25) is 4.68 Å². The van der Waals surface area contributed by atoms with Crippen LogP contribution in [0, 0.1) is 12.7 Å². The number of benzene rings is 1. The molecule has 0 unspecified atom stereocenters. The van der Waals surface area contributed by atoms with Crippen LogP contribution in [0.25, 0.3) is 0 Å². The van der Waals surface area contributed by atoms with Crippen molar-refractivity contribution < 1.29 is 12.8 Å². The van der Waals surface area contributed by atoms with Crippen LogP contribution in [0.4, 0.5) is 10.3 Å². The van der Waals surface area contributed by atoms with Crippen LogP contribution in [0.15, 0.2) is 41.7 Å². The molecule has 1 aromatic carbocycles. The number of hydrogen-bond acceptors (Lipinski definition) is 5. The van der Waals surface area contributed by atoms with Gasteiger partial charge >= 0.3 is 0 Å². The number of rotatable bonds is 6. The molecule has 25 heavy (non-hydrogen) atoms. The summed E-state index contributed by atoms with van der Waals surface area (Å²) < 4.78 is 43.8. The summed E-state index contributed by atoms with van der Waals surface area (Å²) in [5.74, 6) is -0.442. The van der Waals surface area contributed by atoms with Gasteiger partial charge in [0.15, 0.2) is 0 Å². The fourth-order valence-electron chi connectivity index (χ4n) is 2.41. The molecule has 1 N–H and O–H groups in total. The molecule has 0 aliphatic heterocycles. The number of anilines is 1. The molecule has 0 bridgehead atoms. The maximum atomic E-state index is 13.7. The van der Waals surface area contributed by atoms with E-state index in [1.807, 2.05) is 6.92 Å². The summed E-state index contributed by atoms with van der Waals surface area (Å²) in [7, 11) is -3.85. The van der Waals surface area contributed by atoms with E-state index < -0.39 is 10.0 Å². The predicted molar refractivity (Wildman–Crippen MR) is 89.0 cm³/mol. The first-order valence-electron chi connectivity index (χ1n) is 7.59. The molecule has 0 radical (unpaired) electrons. The van der Waals surface area contributed by atoms with Crippen LogP contribution in [0.2, 0.25) is 0 Å². The zero-order chi connectivity index (χ0) is 18.0. The Morgan fingerprint density at radius 3 is 2.72 bits per heavy atom. The molecule has 0 aliphatic carbocycles. The summed E-state index contributed by atoms with van der Waals surface area (Å²) in [6.07, 6.45) is 2.63. The van der Waals surface area contributed by atoms with Crippen molar-refractivity contribution in [1.29, 1.82) is 0 Å². The summed E-state index contributed by atoms with van der Waals surface area (Å²) in [6, 6.07) is 6.29. The Kier molecular flexibility index (Phi) is 4.53. The molecule has 0 spiro atoms. The molecule has 0 amide bonds. The van der Waals surface area contributed by atoms with Crippen molar-refractivity contribution in [2.75, 3.05) is 4.72 Å². The predicted octanol–water partition coefficient (Wildman–Crippen LogP) is 1.79. The van der Waals surface area contributed by atoms with Gasteiger partial charge in [0.25, 0.3) is 16.0 Å². The van der Waals surface area contributed by atoms with Gasteiger partial charge in [-0.05, 0) is 19.9 Å². The standard InChI is InChI=1S/C15H17FN6O2S/c1-3-22-11(2)14(8-18-22)25(23,24)20-15-17-10-21(19-15)9-12-6-4-5-7-13(12)16/h4-8,10H,3,9H2,1-2H3,(H,19,20). The molecule has 0 saturated heterocycles. The van der Waals surface area contributed by atoms with Crippen molar-refractivity contribution in [3.05, 3.63) is 53.9 Å². The lowest BCUT2D eigenvalue weighted by molar-refractivity contribution is 0.584. The Labute approximate surface area is 144 Å². The second-order valence-electron chi connectivity index (χ2n) is 5.37. The Morgan fingerprint density at radius 2 is 2.04 bits per heavy atom. The number of halogens is 1. The van der Waals surface area contributed by atoms with Crippen LogP contribution in [0.5, 0.6) is 0 Å². The third kappa shape index (κ3) is 3.53. The Bertz CT molecular complexity index is 995. The number of sulfonamides is 1. The highest BCUT2D eigenvalue weighted by Crippen LogP contribution is 2.17. The molecular formula is C15H17FN6O2S. The van der Waals surface area contributed by atoms with E-state index in [0.29, 0.717) is 17.8 Å². The summed E-state index contributed by atoms with van der Waals surface area (Å²) in [4.78, 5) is 3.99. The Balaban J connectivity index is 1.78. The maximum absolute atomic E-state index is 13.7. The third-order valence-electron chi connectivity index (χ3n) is 3.70. The lowest BCUT2D eigenvalue weighted by atomic mass is 10.2. The number of nitrogens with one attached hydrogen (secondary N) is 1. The SMILES string of the molecule is CCn1ncc(S(=O)(=O)Nc2ncn(Cc3ccccc3F)n2)c1C. The minimum atomic E-state index is -3.85. The fourth-order valence-corrected chi connectivity index (χ4v) is 3.53. The first kappa shape index (κ1) is 17.1. The van der Waals surface area contributed by atoms with Crippen LogP contribution in [-0.2, 0) is 23.1 Å². The van der Waals surface area contributed by atoms with Crippen molar-refractivity contribution in [3.63, 3.8) is 0 Å². The van der Waals surface area contributed by atoms with E-state index in [9.17, 15) is 12.8 Å². The molecule has 0 fully saturated rings. The van der Waals surface area contributed by atoms with Crippen molar-refractivity contribution in [2.24, 2.45) is 0 Å². The van der Waals surface area contributed by atoms with E-state index in [2.05, 4.69) is 19.9 Å². The summed E-state index contributed by atoms with van der Waals surface area (Å²) >= 11 is 0. The second-order valence-corrected chi connectivity index (χ2v) is 7.02. The smallest absolute Gasteiger partial charge is 0.267 e. The largest absolute Gasteiger partial charge is 0.269 e. The lowest BCUT2D eigenvalue weighted by Gasteiger charge is -2.05. The fraction of sp³-hybridized carbons (Fsp3) is 0.267. The van der Waals surface area contributed by atoms with Gasteiger partial charge in [0.05, 0.1) is 18.4 Å². The topological polar surface area (TPSA) is 94.7 Å². The highest BCUT2D eigenvalue weighted by Gasteiger charge is 2.22. The number of aryl methyl sites for hydroxylation is 1. The Morgan fingerprint density at radius 1 is 1.28 bits per heavy atom. The Hall–Kier alpha value is -2.75. The van der Waals surface area contributed by atoms with Crippen molar-refractivity contribution >= 4 is 16.0 Å². The monoisotopic (exact) mass is 364 g/mol. The van der Waals surface area contributed by atoms with Crippen LogP contribution >= 0.6 is 0 Å². The van der Waals surface area contributed by atoms with Crippen LogP contribution in [0.3, 0.4) is 0 Å². The molecule has 0 saturated carbocycles. The van der Waals surface area contributed by atoms with E-state index >= 15 is 0 Å². The zero-order valence-corrected chi connectivity index (χ0v) is 14.5. The van der Waals surface area contributed by atoms with E-state index in [4.69, 9.17) is 0 Å². The molecule has 10 heteroatoms. The van der Waals surface area contributed by atoms with Crippen molar-refractivity contribution in [3.8, 4) is 0 Å². The molecule has 0 atom stereocenters. The number of aromatic nitrogens is 5. The van der Waals surface area contributed by atoms with Gasteiger partial charge in [0, 0.05) is 12.1 Å². The van der Waals surface area contributed by atoms with Gasteiger partial charge in [-0.2, -0.15) is 10.1 Å². The van der Waals surface area contributed by atoms with Crippen LogP contribution < -0.4 is 4.72 Å². The molecule has 8 nitrogen and oxygen atoms in total. The van der Waals surface area contributed by atoms with E-state index in [1.165, 1.54) is 23.3 Å². The number of hydrogen-bond donors (Lipinski definition) is 1. The minimum absolute atomic E-state index is 0.0693. The van der Waals surface area contributed by atoms with Crippen molar-refractivity contribution in [1.82, 2.24) is 24.5 Å². The quantitative estimate of drug-likeness (QED) is 0.720. The normalized spacial score (nSPS) is 11.6.